The van der Waals surface area contributed by atoms with Crippen molar-refractivity contribution in [2.24, 2.45) is 0 Å². The molecule has 0 spiro atoms. The fourth-order valence-electron chi connectivity index (χ4n) is 6.86. The van der Waals surface area contributed by atoms with Crippen molar-refractivity contribution in [3.05, 3.63) is 113 Å². The van der Waals surface area contributed by atoms with Gasteiger partial charge in [-0.3, -0.25) is 29.4 Å². The lowest BCUT2D eigenvalue weighted by molar-refractivity contribution is -0.136. The van der Waals surface area contributed by atoms with Crippen LogP contribution in [0.15, 0.2) is 89.8 Å². The van der Waals surface area contributed by atoms with Gasteiger partial charge >= 0.3 is 0 Å². The lowest BCUT2D eigenvalue weighted by Gasteiger charge is -2.36. The SMILES string of the molecule is CC(C)(c1ccc(OCc2ccnc(-c3nnco3)n2)cc1)c1ccc(O[C@H]2C[C@H](Nc3ccc4c(c3)C(=O)N(C3CCC(=O)NC3=O)C4=O)C2)cc1. The zero-order valence-corrected chi connectivity index (χ0v) is 28.9. The summed E-state index contributed by atoms with van der Waals surface area (Å²) in [5.74, 6) is 0.0323. The van der Waals surface area contributed by atoms with Crippen LogP contribution in [0, 0.1) is 0 Å². The average Bonchev–Trinajstić information content (AvgIpc) is 3.77. The van der Waals surface area contributed by atoms with Crippen LogP contribution in [0.3, 0.4) is 0 Å². The van der Waals surface area contributed by atoms with E-state index >= 15 is 0 Å². The number of anilines is 1. The predicted molar refractivity (Wildman–Crippen MR) is 189 cm³/mol. The zero-order valence-electron chi connectivity index (χ0n) is 28.9. The predicted octanol–water partition coefficient (Wildman–Crippen LogP) is 4.85. The highest BCUT2D eigenvalue weighted by molar-refractivity contribution is 6.23. The molecule has 14 heteroatoms. The number of aromatic nitrogens is 4. The first-order valence-corrected chi connectivity index (χ1v) is 17.3. The van der Waals surface area contributed by atoms with Crippen LogP contribution in [-0.4, -0.2) is 66.9 Å². The minimum absolute atomic E-state index is 0.0345. The van der Waals surface area contributed by atoms with Gasteiger partial charge in [-0.2, -0.15) is 0 Å². The maximum absolute atomic E-state index is 13.2. The van der Waals surface area contributed by atoms with Crippen LogP contribution in [0.25, 0.3) is 11.7 Å². The van der Waals surface area contributed by atoms with Gasteiger partial charge in [0.05, 0.1) is 16.8 Å². The van der Waals surface area contributed by atoms with Gasteiger partial charge in [-0.1, -0.05) is 38.1 Å². The zero-order chi connectivity index (χ0) is 36.7. The quantitative estimate of drug-likeness (QED) is 0.178. The van der Waals surface area contributed by atoms with Crippen molar-refractivity contribution in [1.29, 1.82) is 0 Å². The number of hydrogen-bond acceptors (Lipinski definition) is 12. The van der Waals surface area contributed by atoms with Gasteiger partial charge in [0.2, 0.25) is 24.0 Å². The first-order valence-electron chi connectivity index (χ1n) is 17.3. The summed E-state index contributed by atoms with van der Waals surface area (Å²) in [6, 6.07) is 22.2. The summed E-state index contributed by atoms with van der Waals surface area (Å²) < 4.78 is 17.4. The molecule has 1 atom stereocenters. The van der Waals surface area contributed by atoms with Crippen LogP contribution in [0.2, 0.25) is 0 Å². The Bertz CT molecular complexity index is 2200. The van der Waals surface area contributed by atoms with E-state index < -0.39 is 29.7 Å². The number of benzene rings is 3. The van der Waals surface area contributed by atoms with Gasteiger partial charge < -0.3 is 19.2 Å². The Hall–Kier alpha value is -6.44. The summed E-state index contributed by atoms with van der Waals surface area (Å²) in [5, 5.41) is 13.2. The third-order valence-corrected chi connectivity index (χ3v) is 10.0. The lowest BCUT2D eigenvalue weighted by Crippen LogP contribution is -2.54. The second kappa shape index (κ2) is 13.6. The molecule has 1 unspecified atom stereocenters. The van der Waals surface area contributed by atoms with Gasteiger partial charge in [0.15, 0.2) is 0 Å². The van der Waals surface area contributed by atoms with Crippen molar-refractivity contribution in [3.8, 4) is 23.2 Å². The highest BCUT2D eigenvalue weighted by Gasteiger charge is 2.45. The van der Waals surface area contributed by atoms with E-state index in [1.54, 1.807) is 30.5 Å². The van der Waals surface area contributed by atoms with E-state index in [1.165, 1.54) is 6.39 Å². The Labute approximate surface area is 303 Å². The molecule has 3 aromatic carbocycles. The van der Waals surface area contributed by atoms with Gasteiger partial charge in [0.1, 0.15) is 30.3 Å². The molecule has 1 saturated carbocycles. The number of nitrogens with one attached hydrogen (secondary N) is 2. The number of rotatable bonds is 11. The maximum Gasteiger partial charge on any atom is 0.285 e. The van der Waals surface area contributed by atoms with Gasteiger partial charge in [-0.25, -0.2) is 9.97 Å². The third kappa shape index (κ3) is 6.70. The van der Waals surface area contributed by atoms with Crippen molar-refractivity contribution in [2.45, 2.75) is 69.7 Å². The van der Waals surface area contributed by atoms with E-state index in [0.717, 1.165) is 40.4 Å². The number of nitrogens with zero attached hydrogens (tertiary/aromatic N) is 5. The molecule has 2 N–H and O–H groups in total. The fourth-order valence-corrected chi connectivity index (χ4v) is 6.86. The van der Waals surface area contributed by atoms with Crippen molar-refractivity contribution in [1.82, 2.24) is 30.4 Å². The van der Waals surface area contributed by atoms with Crippen LogP contribution in [-0.2, 0) is 21.6 Å². The number of imide groups is 2. The van der Waals surface area contributed by atoms with Crippen molar-refractivity contribution in [2.75, 3.05) is 5.32 Å². The standard InChI is InChI=1S/C39H35N7O7/c1-39(2,22-3-8-27(9-4-22)51-20-25-15-16-40-34(43-25)36-45-41-21-52-36)23-5-10-28(11-6-23)53-29-17-26(18-29)42-24-7-12-30-31(19-24)38(50)46(37(30)49)32-13-14-33(47)44-35(32)48/h3-12,15-16,19,21,26,29,32,42H,13-14,17-18,20H2,1-2H3,(H,44,47,48)/t26-,29-,32?. The van der Waals surface area contributed by atoms with Crippen LogP contribution in [0.4, 0.5) is 5.69 Å². The van der Waals surface area contributed by atoms with E-state index in [9.17, 15) is 19.2 Å². The van der Waals surface area contributed by atoms with Crippen LogP contribution in [0.1, 0.15) is 77.1 Å². The molecule has 3 aliphatic rings. The molecule has 2 aliphatic heterocycles. The van der Waals surface area contributed by atoms with Gasteiger partial charge in [0.25, 0.3) is 17.7 Å². The molecule has 8 rings (SSSR count). The van der Waals surface area contributed by atoms with E-state index in [0.29, 0.717) is 17.2 Å². The van der Waals surface area contributed by atoms with E-state index in [-0.39, 0.29) is 54.0 Å². The number of piperidine rings is 1. The molecule has 2 fully saturated rings. The molecule has 1 aliphatic carbocycles. The smallest absolute Gasteiger partial charge is 0.285 e. The maximum atomic E-state index is 13.2. The number of amides is 4. The molecule has 0 radical (unpaired) electrons. The summed E-state index contributed by atoms with van der Waals surface area (Å²) in [7, 11) is 0. The second-order valence-electron chi connectivity index (χ2n) is 13.8. The Balaban J connectivity index is 0.823. The fraction of sp³-hybridized carbons (Fsp3) is 0.282. The monoisotopic (exact) mass is 713 g/mol. The Morgan fingerprint density at radius 1 is 0.906 bits per heavy atom. The van der Waals surface area contributed by atoms with Crippen molar-refractivity contribution >= 4 is 29.3 Å². The minimum Gasteiger partial charge on any atom is -0.490 e. The topological polar surface area (TPSA) is 179 Å². The molecule has 4 amide bonds. The van der Waals surface area contributed by atoms with Crippen molar-refractivity contribution < 1.29 is 33.1 Å². The minimum atomic E-state index is -0.990. The summed E-state index contributed by atoms with van der Waals surface area (Å²) in [5.41, 5.74) is 3.91. The number of carbonyl (C=O) groups is 4. The normalized spacial score (nSPS) is 19.7. The number of carbonyl (C=O) groups excluding carboxylic acids is 4. The largest absolute Gasteiger partial charge is 0.490 e. The summed E-state index contributed by atoms with van der Waals surface area (Å²) in [6.45, 7) is 4.61. The van der Waals surface area contributed by atoms with Gasteiger partial charge in [0, 0.05) is 42.6 Å². The third-order valence-electron chi connectivity index (χ3n) is 10.0. The molecule has 0 bridgehead atoms. The lowest BCUT2D eigenvalue weighted by atomic mass is 9.78. The van der Waals surface area contributed by atoms with Crippen molar-refractivity contribution in [3.63, 3.8) is 0 Å². The first-order chi connectivity index (χ1) is 25.6. The number of ether oxygens (including phenoxy) is 2. The molecule has 53 heavy (non-hydrogen) atoms. The van der Waals surface area contributed by atoms with Gasteiger partial charge in [-0.05, 0) is 66.1 Å². The summed E-state index contributed by atoms with van der Waals surface area (Å²) in [6.07, 6.45) is 4.63. The summed E-state index contributed by atoms with van der Waals surface area (Å²) >= 11 is 0. The Morgan fingerprint density at radius 2 is 1.62 bits per heavy atom. The van der Waals surface area contributed by atoms with E-state index in [4.69, 9.17) is 13.9 Å². The first kappa shape index (κ1) is 33.7. The number of hydrogen-bond donors (Lipinski definition) is 2. The average molecular weight is 714 g/mol. The Morgan fingerprint density at radius 3 is 2.32 bits per heavy atom. The second-order valence-corrected chi connectivity index (χ2v) is 13.8. The van der Waals surface area contributed by atoms with E-state index in [2.05, 4.69) is 68.9 Å². The van der Waals surface area contributed by atoms with Crippen LogP contribution in [0.5, 0.6) is 11.5 Å². The molecule has 268 valence electrons. The molecular formula is C39H35N7O7. The molecular weight excluding hydrogens is 678 g/mol. The molecule has 2 aromatic heterocycles. The van der Waals surface area contributed by atoms with Gasteiger partial charge in [-0.15, -0.1) is 10.2 Å². The molecule has 14 nitrogen and oxygen atoms in total. The summed E-state index contributed by atoms with van der Waals surface area (Å²) in [4.78, 5) is 59.7. The Kier molecular flexibility index (Phi) is 8.64. The highest BCUT2D eigenvalue weighted by Crippen LogP contribution is 2.36. The number of fused-ring (bicyclic) bond motifs is 1. The molecule has 1 saturated heterocycles. The highest BCUT2D eigenvalue weighted by atomic mass is 16.5. The van der Waals surface area contributed by atoms with E-state index in [1.807, 2.05) is 24.3 Å². The molecule has 5 aromatic rings. The molecule has 4 heterocycles. The van der Waals surface area contributed by atoms with Crippen LogP contribution < -0.4 is 20.1 Å². The van der Waals surface area contributed by atoms with Crippen LogP contribution >= 0.6 is 0 Å².